The maximum absolute atomic E-state index is 12.5. The van der Waals surface area contributed by atoms with Gasteiger partial charge in [-0.15, -0.1) is 0 Å². The summed E-state index contributed by atoms with van der Waals surface area (Å²) >= 11 is 3.26. The van der Waals surface area contributed by atoms with Gasteiger partial charge in [-0.3, -0.25) is 4.79 Å². The maximum atomic E-state index is 12.5. The largest absolute Gasteiger partial charge is 0.465 e. The third-order valence-electron chi connectivity index (χ3n) is 2.67. The number of hydrogen-bond donors (Lipinski definition) is 0. The molecule has 0 aromatic heterocycles. The van der Waals surface area contributed by atoms with Crippen molar-refractivity contribution >= 4 is 31.9 Å². The van der Waals surface area contributed by atoms with Gasteiger partial charge in [-0.2, -0.15) is 4.31 Å². The number of halogens is 1. The third kappa shape index (κ3) is 4.04. The summed E-state index contributed by atoms with van der Waals surface area (Å²) in [5, 5.41) is 0. The second-order valence-electron chi connectivity index (χ2n) is 4.17. The molecule has 0 atom stereocenters. The topological polar surface area (TPSA) is 63.7 Å². The van der Waals surface area contributed by atoms with Crippen LogP contribution in [-0.4, -0.2) is 38.4 Å². The number of benzene rings is 1. The number of sulfonamides is 1. The predicted molar refractivity (Wildman–Crippen MR) is 79.9 cm³/mol. The van der Waals surface area contributed by atoms with E-state index in [0.717, 1.165) is 9.87 Å². The first kappa shape index (κ1) is 17.1. The van der Waals surface area contributed by atoms with Gasteiger partial charge in [0.1, 0.15) is 6.54 Å². The van der Waals surface area contributed by atoms with Crippen LogP contribution >= 0.6 is 15.9 Å². The van der Waals surface area contributed by atoms with Crippen LogP contribution < -0.4 is 0 Å². The summed E-state index contributed by atoms with van der Waals surface area (Å²) in [5.74, 6) is -0.554. The van der Waals surface area contributed by atoms with Crippen molar-refractivity contribution in [2.45, 2.75) is 25.7 Å². The minimum Gasteiger partial charge on any atom is -0.465 e. The van der Waals surface area contributed by atoms with Crippen molar-refractivity contribution in [3.8, 4) is 0 Å². The molecule has 0 radical (unpaired) electrons. The van der Waals surface area contributed by atoms with Crippen LogP contribution in [0.4, 0.5) is 0 Å². The first-order valence-electron chi connectivity index (χ1n) is 6.24. The maximum Gasteiger partial charge on any atom is 0.321 e. The summed E-state index contributed by atoms with van der Waals surface area (Å²) in [5.41, 5.74) is 0.948. The average molecular weight is 364 g/mol. The summed E-state index contributed by atoms with van der Waals surface area (Å²) in [4.78, 5) is 11.6. The number of carbonyl (C=O) groups excluding carboxylic acids is 1. The van der Waals surface area contributed by atoms with Gasteiger partial charge in [0.05, 0.1) is 11.5 Å². The van der Waals surface area contributed by atoms with Crippen molar-refractivity contribution in [2.24, 2.45) is 0 Å². The zero-order chi connectivity index (χ0) is 15.3. The number of aryl methyl sites for hydroxylation is 1. The molecular weight excluding hydrogens is 346 g/mol. The molecular formula is C13H18BrNO4S. The highest BCUT2D eigenvalue weighted by Gasteiger charge is 2.27. The highest BCUT2D eigenvalue weighted by molar-refractivity contribution is 9.10. The van der Waals surface area contributed by atoms with Gasteiger partial charge in [0, 0.05) is 11.0 Å². The van der Waals surface area contributed by atoms with Crippen LogP contribution in [0.1, 0.15) is 19.4 Å². The highest BCUT2D eigenvalue weighted by Crippen LogP contribution is 2.26. The van der Waals surface area contributed by atoms with Gasteiger partial charge in [-0.1, -0.05) is 13.0 Å². The van der Waals surface area contributed by atoms with Crippen LogP contribution in [0.3, 0.4) is 0 Å². The fourth-order valence-electron chi connectivity index (χ4n) is 1.67. The molecule has 0 unspecified atom stereocenters. The Morgan fingerprint density at radius 3 is 2.50 bits per heavy atom. The Balaban J connectivity index is 3.09. The van der Waals surface area contributed by atoms with E-state index in [1.54, 1.807) is 26.0 Å². The highest BCUT2D eigenvalue weighted by atomic mass is 79.9. The van der Waals surface area contributed by atoms with Crippen LogP contribution in [0.15, 0.2) is 27.6 Å². The van der Waals surface area contributed by atoms with Crippen LogP contribution in [0.5, 0.6) is 0 Å². The molecule has 7 heteroatoms. The van der Waals surface area contributed by atoms with Gasteiger partial charge in [0.2, 0.25) is 10.0 Å². The Morgan fingerprint density at radius 2 is 2.00 bits per heavy atom. The minimum atomic E-state index is -3.73. The number of ether oxygens (including phenoxy) is 1. The lowest BCUT2D eigenvalue weighted by molar-refractivity contribution is -0.143. The summed E-state index contributed by atoms with van der Waals surface area (Å²) in [6.07, 6.45) is 0. The second-order valence-corrected chi connectivity index (χ2v) is 6.93. The Bertz CT molecular complexity index is 586. The van der Waals surface area contributed by atoms with Crippen LogP contribution in [-0.2, 0) is 19.6 Å². The summed E-state index contributed by atoms with van der Waals surface area (Å²) in [6, 6.07) is 4.98. The number of carbonyl (C=O) groups is 1. The molecule has 112 valence electrons. The zero-order valence-corrected chi connectivity index (χ0v) is 14.1. The SMILES string of the molecule is CCOC(=O)CN(CC)S(=O)(=O)c1ccc(C)cc1Br. The molecule has 0 spiro atoms. The van der Waals surface area contributed by atoms with Gasteiger partial charge in [0.15, 0.2) is 0 Å². The van der Waals surface area contributed by atoms with E-state index < -0.39 is 16.0 Å². The lowest BCUT2D eigenvalue weighted by Crippen LogP contribution is -2.36. The van der Waals surface area contributed by atoms with E-state index in [2.05, 4.69) is 15.9 Å². The molecule has 1 rings (SSSR count). The summed E-state index contributed by atoms with van der Waals surface area (Å²) < 4.78 is 31.4. The summed E-state index contributed by atoms with van der Waals surface area (Å²) in [7, 11) is -3.73. The second kappa shape index (κ2) is 7.19. The van der Waals surface area contributed by atoms with E-state index in [1.165, 1.54) is 6.07 Å². The molecule has 0 heterocycles. The molecule has 0 bridgehead atoms. The van der Waals surface area contributed by atoms with Gasteiger partial charge < -0.3 is 4.74 Å². The monoisotopic (exact) mass is 363 g/mol. The van der Waals surface area contributed by atoms with Crippen molar-refractivity contribution in [1.29, 1.82) is 0 Å². The normalized spacial score (nSPS) is 11.7. The Labute approximate surface area is 128 Å². The van der Waals surface area contributed by atoms with Crippen LogP contribution in [0.2, 0.25) is 0 Å². The van der Waals surface area contributed by atoms with E-state index in [4.69, 9.17) is 4.74 Å². The van der Waals surface area contributed by atoms with E-state index in [-0.39, 0.29) is 24.6 Å². The van der Waals surface area contributed by atoms with Crippen LogP contribution in [0, 0.1) is 6.92 Å². The van der Waals surface area contributed by atoms with Gasteiger partial charge in [0.25, 0.3) is 0 Å². The van der Waals surface area contributed by atoms with E-state index >= 15 is 0 Å². The first-order valence-corrected chi connectivity index (χ1v) is 8.48. The molecule has 0 aliphatic rings. The summed E-state index contributed by atoms with van der Waals surface area (Å²) in [6.45, 7) is 5.37. The van der Waals surface area contributed by atoms with Crippen molar-refractivity contribution in [2.75, 3.05) is 19.7 Å². The smallest absolute Gasteiger partial charge is 0.321 e. The Morgan fingerprint density at radius 1 is 1.35 bits per heavy atom. The molecule has 0 aliphatic carbocycles. The Hall–Kier alpha value is -0.920. The van der Waals surface area contributed by atoms with Crippen molar-refractivity contribution in [3.05, 3.63) is 28.2 Å². The average Bonchev–Trinajstić information content (AvgIpc) is 2.35. The van der Waals surface area contributed by atoms with Crippen molar-refractivity contribution < 1.29 is 17.9 Å². The molecule has 0 amide bonds. The van der Waals surface area contributed by atoms with Gasteiger partial charge in [-0.05, 0) is 47.5 Å². The molecule has 1 aromatic rings. The molecule has 0 fully saturated rings. The number of rotatable bonds is 6. The minimum absolute atomic E-state index is 0.147. The standard InChI is InChI=1S/C13H18BrNO4S/c1-4-15(9-13(16)19-5-2)20(17,18)12-7-6-10(3)8-11(12)14/h6-8H,4-5,9H2,1-3H3. The molecule has 0 saturated carbocycles. The van der Waals surface area contributed by atoms with Crippen LogP contribution in [0.25, 0.3) is 0 Å². The molecule has 5 nitrogen and oxygen atoms in total. The number of likely N-dealkylation sites (N-methyl/N-ethyl adjacent to an activating group) is 1. The fourth-order valence-corrected chi connectivity index (χ4v) is 4.22. The third-order valence-corrected chi connectivity index (χ3v) is 5.57. The Kier molecular flexibility index (Phi) is 6.16. The molecule has 20 heavy (non-hydrogen) atoms. The number of nitrogens with zero attached hydrogens (tertiary/aromatic N) is 1. The van der Waals surface area contributed by atoms with E-state index in [9.17, 15) is 13.2 Å². The molecule has 0 saturated heterocycles. The predicted octanol–water partition coefficient (Wildman–Crippen LogP) is 2.33. The lowest BCUT2D eigenvalue weighted by atomic mass is 10.2. The molecule has 0 N–H and O–H groups in total. The first-order chi connectivity index (χ1) is 9.32. The zero-order valence-electron chi connectivity index (χ0n) is 11.7. The number of esters is 1. The van der Waals surface area contributed by atoms with Crippen molar-refractivity contribution in [1.82, 2.24) is 4.31 Å². The fraction of sp³-hybridized carbons (Fsp3) is 0.462. The lowest BCUT2D eigenvalue weighted by Gasteiger charge is -2.20. The quantitative estimate of drug-likeness (QED) is 0.727. The van der Waals surface area contributed by atoms with E-state index in [1.807, 2.05) is 6.92 Å². The number of hydrogen-bond acceptors (Lipinski definition) is 4. The van der Waals surface area contributed by atoms with Crippen molar-refractivity contribution in [3.63, 3.8) is 0 Å². The van der Waals surface area contributed by atoms with Gasteiger partial charge in [-0.25, -0.2) is 8.42 Å². The molecule has 1 aromatic carbocycles. The van der Waals surface area contributed by atoms with Gasteiger partial charge >= 0.3 is 5.97 Å². The van der Waals surface area contributed by atoms with E-state index in [0.29, 0.717) is 4.47 Å². The molecule has 0 aliphatic heterocycles.